The van der Waals surface area contributed by atoms with Gasteiger partial charge < -0.3 is 20.3 Å². The fourth-order valence-electron chi connectivity index (χ4n) is 3.51. The summed E-state index contributed by atoms with van der Waals surface area (Å²) in [4.78, 5) is 39.5. The summed E-state index contributed by atoms with van der Waals surface area (Å²) in [5.74, 6) is 0.542. The van der Waals surface area contributed by atoms with Gasteiger partial charge in [0.1, 0.15) is 11.8 Å². The molecule has 0 aromatic heterocycles. The summed E-state index contributed by atoms with van der Waals surface area (Å²) in [5, 5.41) is 5.87. The Kier molecular flexibility index (Phi) is 8.49. The molecule has 3 amide bonds. The molecule has 1 aromatic rings. The molecule has 1 saturated heterocycles. The molecule has 1 fully saturated rings. The standard InChI is InChI=1S/C22H33N3O4/c1-5-19(26)25-11-9-16(10-12-25)20(22(28)23-14-15(2)3)24-21(27)17-7-6-8-18(13-17)29-4/h6-8,13,15-16,20H,5,9-12,14H2,1-4H3,(H,23,28)(H,24,27). The topological polar surface area (TPSA) is 87.7 Å². The summed E-state index contributed by atoms with van der Waals surface area (Å²) in [7, 11) is 1.55. The number of benzene rings is 1. The Bertz CT molecular complexity index is 712. The highest BCUT2D eigenvalue weighted by molar-refractivity contribution is 5.98. The third-order valence-electron chi connectivity index (χ3n) is 5.25. The van der Waals surface area contributed by atoms with Crippen molar-refractivity contribution >= 4 is 17.7 Å². The Hall–Kier alpha value is -2.57. The molecule has 1 aromatic carbocycles. The van der Waals surface area contributed by atoms with Crippen LogP contribution >= 0.6 is 0 Å². The fraction of sp³-hybridized carbons (Fsp3) is 0.591. The Morgan fingerprint density at radius 1 is 1.21 bits per heavy atom. The number of ether oxygens (including phenoxy) is 1. The first-order valence-electron chi connectivity index (χ1n) is 10.4. The van der Waals surface area contributed by atoms with E-state index >= 15 is 0 Å². The van der Waals surface area contributed by atoms with Gasteiger partial charge in [-0.2, -0.15) is 0 Å². The Balaban J connectivity index is 2.11. The third kappa shape index (κ3) is 6.48. The van der Waals surface area contributed by atoms with Crippen LogP contribution in [0, 0.1) is 11.8 Å². The molecule has 1 aliphatic rings. The highest BCUT2D eigenvalue weighted by atomic mass is 16.5. The molecule has 7 heteroatoms. The molecule has 160 valence electrons. The molecule has 0 spiro atoms. The minimum absolute atomic E-state index is 0.0161. The van der Waals surface area contributed by atoms with Crippen molar-refractivity contribution in [2.24, 2.45) is 11.8 Å². The first-order valence-corrected chi connectivity index (χ1v) is 10.4. The smallest absolute Gasteiger partial charge is 0.252 e. The van der Waals surface area contributed by atoms with Crippen molar-refractivity contribution < 1.29 is 19.1 Å². The second kappa shape index (κ2) is 10.8. The molecule has 0 radical (unpaired) electrons. The molecule has 1 aliphatic heterocycles. The predicted octanol–water partition coefficient (Wildman–Crippen LogP) is 2.21. The number of methoxy groups -OCH3 is 1. The van der Waals surface area contributed by atoms with Gasteiger partial charge in [-0.25, -0.2) is 0 Å². The lowest BCUT2D eigenvalue weighted by Crippen LogP contribution is -2.54. The Labute approximate surface area is 173 Å². The lowest BCUT2D eigenvalue weighted by Gasteiger charge is -2.35. The number of amides is 3. The molecule has 7 nitrogen and oxygen atoms in total. The fourth-order valence-corrected chi connectivity index (χ4v) is 3.51. The zero-order chi connectivity index (χ0) is 21.4. The first kappa shape index (κ1) is 22.7. The van der Waals surface area contributed by atoms with Gasteiger partial charge in [-0.05, 0) is 42.9 Å². The van der Waals surface area contributed by atoms with E-state index in [9.17, 15) is 14.4 Å². The van der Waals surface area contributed by atoms with Crippen molar-refractivity contribution in [1.82, 2.24) is 15.5 Å². The second-order valence-electron chi connectivity index (χ2n) is 7.89. The first-order chi connectivity index (χ1) is 13.8. The van der Waals surface area contributed by atoms with E-state index in [1.165, 1.54) is 0 Å². The van der Waals surface area contributed by atoms with E-state index in [-0.39, 0.29) is 23.6 Å². The number of carbonyl (C=O) groups excluding carboxylic acids is 3. The van der Waals surface area contributed by atoms with E-state index in [0.717, 1.165) is 0 Å². The number of likely N-dealkylation sites (tertiary alicyclic amines) is 1. The number of nitrogens with zero attached hydrogens (tertiary/aromatic N) is 1. The van der Waals surface area contributed by atoms with Crippen molar-refractivity contribution in [3.63, 3.8) is 0 Å². The normalized spacial score (nSPS) is 15.7. The maximum absolute atomic E-state index is 12.9. The van der Waals surface area contributed by atoms with Crippen molar-refractivity contribution in [3.05, 3.63) is 29.8 Å². The van der Waals surface area contributed by atoms with Crippen molar-refractivity contribution in [2.75, 3.05) is 26.7 Å². The molecule has 2 N–H and O–H groups in total. The summed E-state index contributed by atoms with van der Waals surface area (Å²) < 4.78 is 5.19. The van der Waals surface area contributed by atoms with Crippen LogP contribution in [0.25, 0.3) is 0 Å². The molecule has 29 heavy (non-hydrogen) atoms. The molecular formula is C22H33N3O4. The van der Waals surface area contributed by atoms with Crippen LogP contribution in [0.1, 0.15) is 50.4 Å². The molecule has 1 atom stereocenters. The van der Waals surface area contributed by atoms with Gasteiger partial charge in [-0.3, -0.25) is 14.4 Å². The number of rotatable bonds is 8. The van der Waals surface area contributed by atoms with E-state index in [1.54, 1.807) is 31.4 Å². The monoisotopic (exact) mass is 403 g/mol. The van der Waals surface area contributed by atoms with Crippen molar-refractivity contribution in [3.8, 4) is 5.75 Å². The van der Waals surface area contributed by atoms with Gasteiger partial charge in [0.15, 0.2) is 0 Å². The number of carbonyl (C=O) groups is 3. The third-order valence-corrected chi connectivity index (χ3v) is 5.25. The highest BCUT2D eigenvalue weighted by Gasteiger charge is 2.33. The quantitative estimate of drug-likeness (QED) is 0.697. The van der Waals surface area contributed by atoms with E-state index in [2.05, 4.69) is 10.6 Å². The van der Waals surface area contributed by atoms with Gasteiger partial charge >= 0.3 is 0 Å². The number of hydrogen-bond donors (Lipinski definition) is 2. The van der Waals surface area contributed by atoms with E-state index in [0.29, 0.717) is 56.1 Å². The van der Waals surface area contributed by atoms with Gasteiger partial charge in [0.25, 0.3) is 5.91 Å². The van der Waals surface area contributed by atoms with E-state index < -0.39 is 6.04 Å². The maximum atomic E-state index is 12.9. The molecule has 0 aliphatic carbocycles. The van der Waals surface area contributed by atoms with Crippen LogP contribution in [0.15, 0.2) is 24.3 Å². The van der Waals surface area contributed by atoms with Crippen LogP contribution in [0.2, 0.25) is 0 Å². The summed E-state index contributed by atoms with van der Waals surface area (Å²) in [5.41, 5.74) is 0.449. The predicted molar refractivity (Wildman–Crippen MR) is 112 cm³/mol. The van der Waals surface area contributed by atoms with Crippen LogP contribution in [0.3, 0.4) is 0 Å². The molecular weight excluding hydrogens is 370 g/mol. The maximum Gasteiger partial charge on any atom is 0.252 e. The Morgan fingerprint density at radius 2 is 1.90 bits per heavy atom. The van der Waals surface area contributed by atoms with Crippen LogP contribution in [-0.4, -0.2) is 55.4 Å². The van der Waals surface area contributed by atoms with Gasteiger partial charge in [0.05, 0.1) is 7.11 Å². The van der Waals surface area contributed by atoms with Crippen LogP contribution < -0.4 is 15.4 Å². The summed E-state index contributed by atoms with van der Waals surface area (Å²) in [6.07, 6.45) is 1.85. The van der Waals surface area contributed by atoms with Crippen LogP contribution in [0.4, 0.5) is 0 Å². The van der Waals surface area contributed by atoms with Crippen LogP contribution in [-0.2, 0) is 9.59 Å². The average molecular weight is 404 g/mol. The van der Waals surface area contributed by atoms with E-state index in [4.69, 9.17) is 4.74 Å². The van der Waals surface area contributed by atoms with Gasteiger partial charge in [0, 0.05) is 31.6 Å². The number of piperidine rings is 1. The molecule has 2 rings (SSSR count). The lowest BCUT2D eigenvalue weighted by molar-refractivity contribution is -0.132. The van der Waals surface area contributed by atoms with Gasteiger partial charge in [0.2, 0.25) is 11.8 Å². The summed E-state index contributed by atoms with van der Waals surface area (Å²) in [6.45, 7) is 7.68. The number of hydrogen-bond acceptors (Lipinski definition) is 4. The highest BCUT2D eigenvalue weighted by Crippen LogP contribution is 2.22. The van der Waals surface area contributed by atoms with E-state index in [1.807, 2.05) is 25.7 Å². The molecule has 1 heterocycles. The summed E-state index contributed by atoms with van der Waals surface area (Å²) in [6, 6.07) is 6.23. The Morgan fingerprint density at radius 3 is 2.48 bits per heavy atom. The minimum Gasteiger partial charge on any atom is -0.497 e. The zero-order valence-corrected chi connectivity index (χ0v) is 17.9. The van der Waals surface area contributed by atoms with Crippen molar-refractivity contribution in [1.29, 1.82) is 0 Å². The molecule has 1 unspecified atom stereocenters. The van der Waals surface area contributed by atoms with Crippen molar-refractivity contribution in [2.45, 2.75) is 46.1 Å². The SMILES string of the molecule is CCC(=O)N1CCC(C(NC(=O)c2cccc(OC)c2)C(=O)NCC(C)C)CC1. The van der Waals surface area contributed by atoms with Gasteiger partial charge in [-0.1, -0.05) is 26.8 Å². The summed E-state index contributed by atoms with van der Waals surface area (Å²) >= 11 is 0. The van der Waals surface area contributed by atoms with Gasteiger partial charge in [-0.15, -0.1) is 0 Å². The zero-order valence-electron chi connectivity index (χ0n) is 17.9. The largest absolute Gasteiger partial charge is 0.497 e. The minimum atomic E-state index is -0.633. The average Bonchev–Trinajstić information content (AvgIpc) is 2.75. The second-order valence-corrected chi connectivity index (χ2v) is 7.89. The lowest BCUT2D eigenvalue weighted by atomic mass is 9.88. The number of nitrogens with one attached hydrogen (secondary N) is 2. The van der Waals surface area contributed by atoms with Crippen LogP contribution in [0.5, 0.6) is 5.75 Å². The molecule has 0 bridgehead atoms. The molecule has 0 saturated carbocycles.